The van der Waals surface area contributed by atoms with E-state index in [0.29, 0.717) is 38.0 Å². The fourth-order valence-electron chi connectivity index (χ4n) is 8.13. The molecule has 2 heterocycles. The van der Waals surface area contributed by atoms with Crippen molar-refractivity contribution in [2.75, 3.05) is 19.6 Å². The van der Waals surface area contributed by atoms with Gasteiger partial charge in [-0.15, -0.1) is 0 Å². The van der Waals surface area contributed by atoms with Gasteiger partial charge in [-0.3, -0.25) is 0 Å². The Balaban J connectivity index is 1.17. The van der Waals surface area contributed by atoms with E-state index in [2.05, 4.69) is 18.2 Å². The number of carbonyl (C=O) groups is 1. The van der Waals surface area contributed by atoms with Gasteiger partial charge in [0, 0.05) is 31.6 Å². The first-order chi connectivity index (χ1) is 16.2. The highest BCUT2D eigenvalue weighted by atomic mass is 32.2. The van der Waals surface area contributed by atoms with E-state index in [1.165, 1.54) is 37.7 Å². The topological polar surface area (TPSA) is 66.9 Å². The molecule has 186 valence electrons. The molecule has 6 aliphatic rings. The Bertz CT molecular complexity index is 1030. The van der Waals surface area contributed by atoms with Crippen molar-refractivity contribution in [2.45, 2.75) is 82.1 Å². The SMILES string of the molecule is CC(C)S(=O)(=O)N1Cc2ccccc2C2(CCN(C(=O)OC3C4CC5CC(C4)CC3C5)CC2)C1. The molecule has 0 N–H and O–H groups in total. The summed E-state index contributed by atoms with van der Waals surface area (Å²) in [7, 11) is -3.35. The van der Waals surface area contributed by atoms with Gasteiger partial charge in [0.2, 0.25) is 10.0 Å². The van der Waals surface area contributed by atoms with E-state index in [1.54, 1.807) is 18.2 Å². The molecule has 4 aliphatic carbocycles. The van der Waals surface area contributed by atoms with Crippen molar-refractivity contribution in [3.63, 3.8) is 0 Å². The summed E-state index contributed by atoms with van der Waals surface area (Å²) in [5.74, 6) is 2.86. The molecule has 34 heavy (non-hydrogen) atoms. The second kappa shape index (κ2) is 8.22. The lowest BCUT2D eigenvalue weighted by atomic mass is 9.55. The average Bonchev–Trinajstić information content (AvgIpc) is 2.81. The zero-order chi connectivity index (χ0) is 23.7. The molecule has 1 aromatic rings. The lowest BCUT2D eigenvalue weighted by Crippen LogP contribution is -2.56. The molecule has 1 spiro atoms. The normalized spacial score (nSPS) is 34.4. The third-order valence-corrected chi connectivity index (χ3v) is 11.9. The van der Waals surface area contributed by atoms with Crippen LogP contribution in [0.5, 0.6) is 0 Å². The standard InChI is InChI=1S/C27H38N2O4S/c1-18(2)34(31,32)29-16-21-5-3-4-6-24(21)27(17-29)7-9-28(10-8-27)26(30)33-25-22-12-19-11-20(14-22)15-23(25)13-19/h3-6,18-20,22-23,25H,7-17H2,1-2H3. The van der Waals surface area contributed by atoms with Crippen LogP contribution >= 0.6 is 0 Å². The van der Waals surface area contributed by atoms with Crippen LogP contribution < -0.4 is 0 Å². The first kappa shape index (κ1) is 22.8. The Morgan fingerprint density at radius 1 is 1.00 bits per heavy atom. The zero-order valence-electron chi connectivity index (χ0n) is 20.5. The molecule has 7 heteroatoms. The van der Waals surface area contributed by atoms with E-state index in [0.717, 1.165) is 30.2 Å². The van der Waals surface area contributed by atoms with Crippen molar-refractivity contribution in [3.05, 3.63) is 35.4 Å². The number of sulfonamides is 1. The van der Waals surface area contributed by atoms with Gasteiger partial charge in [-0.05, 0) is 93.6 Å². The number of fused-ring (bicyclic) bond motifs is 2. The molecule has 4 bridgehead atoms. The molecule has 0 radical (unpaired) electrons. The molecule has 4 saturated carbocycles. The van der Waals surface area contributed by atoms with E-state index in [4.69, 9.17) is 4.74 Å². The summed E-state index contributed by atoms with van der Waals surface area (Å²) in [6.07, 6.45) is 7.86. The number of likely N-dealkylation sites (tertiary alicyclic amines) is 1. The largest absolute Gasteiger partial charge is 0.446 e. The number of nitrogens with zero attached hydrogens (tertiary/aromatic N) is 2. The van der Waals surface area contributed by atoms with Crippen LogP contribution in [0.25, 0.3) is 0 Å². The summed E-state index contributed by atoms with van der Waals surface area (Å²) in [6, 6.07) is 8.28. The molecule has 5 fully saturated rings. The van der Waals surface area contributed by atoms with Crippen LogP contribution in [0.1, 0.15) is 69.9 Å². The van der Waals surface area contributed by atoms with E-state index >= 15 is 0 Å². The van der Waals surface area contributed by atoms with Crippen molar-refractivity contribution in [3.8, 4) is 0 Å². The Labute approximate surface area is 204 Å². The number of benzene rings is 1. The molecular weight excluding hydrogens is 448 g/mol. The van der Waals surface area contributed by atoms with Gasteiger partial charge in [-0.1, -0.05) is 24.3 Å². The van der Waals surface area contributed by atoms with Crippen molar-refractivity contribution in [2.24, 2.45) is 23.7 Å². The predicted molar refractivity (Wildman–Crippen MR) is 131 cm³/mol. The fraction of sp³-hybridized carbons (Fsp3) is 0.741. The molecule has 1 saturated heterocycles. The van der Waals surface area contributed by atoms with E-state index in [9.17, 15) is 13.2 Å². The molecule has 0 aromatic heterocycles. The molecule has 0 atom stereocenters. The highest BCUT2D eigenvalue weighted by Crippen LogP contribution is 2.55. The Kier molecular flexibility index (Phi) is 5.52. The summed E-state index contributed by atoms with van der Waals surface area (Å²) in [6.45, 7) is 5.70. The van der Waals surface area contributed by atoms with E-state index < -0.39 is 15.3 Å². The third-order valence-electron chi connectivity index (χ3n) is 9.73. The van der Waals surface area contributed by atoms with E-state index in [-0.39, 0.29) is 17.6 Å². The van der Waals surface area contributed by atoms with Gasteiger partial charge in [0.25, 0.3) is 0 Å². The lowest BCUT2D eigenvalue weighted by molar-refractivity contribution is -0.103. The average molecular weight is 487 g/mol. The first-order valence-corrected chi connectivity index (χ1v) is 14.8. The fourth-order valence-corrected chi connectivity index (χ4v) is 9.47. The molecule has 6 nitrogen and oxygen atoms in total. The Morgan fingerprint density at radius 3 is 2.24 bits per heavy atom. The van der Waals surface area contributed by atoms with Crippen LogP contribution in [-0.4, -0.2) is 54.7 Å². The molecule has 7 rings (SSSR count). The zero-order valence-corrected chi connectivity index (χ0v) is 21.3. The van der Waals surface area contributed by atoms with Gasteiger partial charge in [-0.2, -0.15) is 4.31 Å². The van der Waals surface area contributed by atoms with Crippen LogP contribution in [0.2, 0.25) is 0 Å². The summed E-state index contributed by atoms with van der Waals surface area (Å²) in [4.78, 5) is 15.1. The van der Waals surface area contributed by atoms with Gasteiger partial charge in [0.1, 0.15) is 6.10 Å². The summed E-state index contributed by atoms with van der Waals surface area (Å²) in [5.41, 5.74) is 2.12. The van der Waals surface area contributed by atoms with Crippen LogP contribution in [0.3, 0.4) is 0 Å². The number of hydrogen-bond acceptors (Lipinski definition) is 4. The van der Waals surface area contributed by atoms with Crippen LogP contribution in [0.4, 0.5) is 4.79 Å². The summed E-state index contributed by atoms with van der Waals surface area (Å²) < 4.78 is 34.0. The number of carbonyl (C=O) groups excluding carboxylic acids is 1. The van der Waals surface area contributed by atoms with Crippen LogP contribution in [-0.2, 0) is 26.7 Å². The molecular formula is C27H38N2O4S. The highest BCUT2D eigenvalue weighted by Gasteiger charge is 2.51. The van der Waals surface area contributed by atoms with Crippen molar-refractivity contribution < 1.29 is 17.9 Å². The monoisotopic (exact) mass is 486 g/mol. The molecule has 2 aliphatic heterocycles. The number of ether oxygens (including phenoxy) is 1. The number of amides is 1. The maximum Gasteiger partial charge on any atom is 0.410 e. The Morgan fingerprint density at radius 2 is 1.62 bits per heavy atom. The van der Waals surface area contributed by atoms with Crippen molar-refractivity contribution >= 4 is 16.1 Å². The third kappa shape index (κ3) is 3.69. The first-order valence-electron chi connectivity index (χ1n) is 13.3. The van der Waals surface area contributed by atoms with Gasteiger partial charge < -0.3 is 9.64 Å². The van der Waals surface area contributed by atoms with Gasteiger partial charge >= 0.3 is 6.09 Å². The minimum Gasteiger partial charge on any atom is -0.446 e. The second-order valence-corrected chi connectivity index (χ2v) is 14.6. The summed E-state index contributed by atoms with van der Waals surface area (Å²) in [5, 5.41) is -0.439. The molecule has 1 amide bonds. The predicted octanol–water partition coefficient (Wildman–Crippen LogP) is 4.54. The van der Waals surface area contributed by atoms with Crippen LogP contribution in [0, 0.1) is 23.7 Å². The summed E-state index contributed by atoms with van der Waals surface area (Å²) >= 11 is 0. The van der Waals surface area contributed by atoms with Gasteiger partial charge in [0.05, 0.1) is 5.25 Å². The quantitative estimate of drug-likeness (QED) is 0.629. The Hall–Kier alpha value is -1.60. The number of piperidine rings is 1. The van der Waals surface area contributed by atoms with Crippen molar-refractivity contribution in [1.29, 1.82) is 0 Å². The number of hydrogen-bond donors (Lipinski definition) is 0. The molecule has 0 unspecified atom stereocenters. The highest BCUT2D eigenvalue weighted by molar-refractivity contribution is 7.89. The maximum absolute atomic E-state index is 13.2. The minimum atomic E-state index is -3.35. The van der Waals surface area contributed by atoms with E-state index in [1.807, 2.05) is 11.0 Å². The van der Waals surface area contributed by atoms with Crippen LogP contribution in [0.15, 0.2) is 24.3 Å². The van der Waals surface area contributed by atoms with Gasteiger partial charge in [0.15, 0.2) is 0 Å². The number of rotatable bonds is 3. The van der Waals surface area contributed by atoms with Gasteiger partial charge in [-0.25, -0.2) is 13.2 Å². The minimum absolute atomic E-state index is 0.110. The lowest BCUT2D eigenvalue weighted by Gasteiger charge is -2.54. The molecule has 1 aromatic carbocycles. The van der Waals surface area contributed by atoms with Crippen molar-refractivity contribution in [1.82, 2.24) is 9.21 Å². The second-order valence-electron chi connectivity index (χ2n) is 12.1. The smallest absolute Gasteiger partial charge is 0.410 e. The maximum atomic E-state index is 13.2.